The number of nitrogens with zero attached hydrogens (tertiary/aromatic N) is 2. The fourth-order valence-corrected chi connectivity index (χ4v) is 0.818. The Kier molecular flexibility index (Phi) is 1.76. The highest BCUT2D eigenvalue weighted by atomic mass is 35.5. The maximum atomic E-state index is 5.50. The highest BCUT2D eigenvalue weighted by Gasteiger charge is 1.98. The van der Waals surface area contributed by atoms with Gasteiger partial charge in [0.15, 0.2) is 0 Å². The van der Waals surface area contributed by atoms with Crippen molar-refractivity contribution in [1.82, 2.24) is 4.42 Å². The molecule has 2 nitrogen and oxygen atoms in total. The van der Waals surface area contributed by atoms with Crippen molar-refractivity contribution in [3.8, 4) is 0 Å². The van der Waals surface area contributed by atoms with E-state index in [0.717, 1.165) is 0 Å². The number of hydrogen-bond donors (Lipinski definition) is 0. The first-order valence-corrected chi connectivity index (χ1v) is 2.80. The fraction of sp³-hybridized carbons (Fsp3) is 0.250. The van der Waals surface area contributed by atoms with Crippen LogP contribution in [0.5, 0.6) is 0 Å². The van der Waals surface area contributed by atoms with Gasteiger partial charge in [-0.15, -0.1) is 0 Å². The Labute approximate surface area is 57.5 Å². The van der Waals surface area contributed by atoms with E-state index >= 15 is 0 Å². The van der Waals surface area contributed by atoms with Crippen LogP contribution in [-0.4, -0.2) is 17.3 Å². The minimum absolute atomic E-state index is 0.484. The number of aliphatic imine (C=N–C) groups is 1. The van der Waals surface area contributed by atoms with Crippen LogP contribution < -0.4 is 0 Å². The number of hydrogen-bond acceptors (Lipinski definition) is 2. The Balaban J connectivity index is 2.63. The monoisotopic (exact) mass is 150 g/mol. The Morgan fingerprint density at radius 1 is 1.75 bits per heavy atom. The minimum atomic E-state index is 0.484. The topological polar surface area (TPSA) is 15.6 Å². The van der Waals surface area contributed by atoms with E-state index in [1.807, 2.05) is 0 Å². The van der Waals surface area contributed by atoms with E-state index in [0.29, 0.717) is 11.7 Å². The zero-order valence-corrected chi connectivity index (χ0v) is 5.52. The van der Waals surface area contributed by atoms with Crippen molar-refractivity contribution < 1.29 is 0 Å². The van der Waals surface area contributed by atoms with Crippen LogP contribution in [-0.2, 0) is 0 Å². The quantitative estimate of drug-likeness (QED) is 0.479. The lowest BCUT2D eigenvalue weighted by molar-refractivity contribution is 0.617. The molecule has 0 saturated heterocycles. The summed E-state index contributed by atoms with van der Waals surface area (Å²) in [5.41, 5.74) is 0. The first-order valence-electron chi connectivity index (χ1n) is 2.08. The molecular formula is C4H4Cl2N2. The van der Waals surface area contributed by atoms with Crippen LogP contribution in [0.2, 0.25) is 0 Å². The molecule has 0 aliphatic carbocycles. The van der Waals surface area contributed by atoms with Gasteiger partial charge in [-0.1, -0.05) is 11.6 Å². The van der Waals surface area contributed by atoms with Gasteiger partial charge in [-0.3, -0.25) is 9.41 Å². The molecule has 0 amide bonds. The summed E-state index contributed by atoms with van der Waals surface area (Å²) in [5, 5.41) is 0.561. The molecule has 1 heterocycles. The van der Waals surface area contributed by atoms with Crippen LogP contribution in [0.1, 0.15) is 0 Å². The maximum absolute atomic E-state index is 5.50. The van der Waals surface area contributed by atoms with Crippen molar-refractivity contribution in [1.29, 1.82) is 0 Å². The average Bonchev–Trinajstić information content (AvgIpc) is 1.64. The van der Waals surface area contributed by atoms with Crippen molar-refractivity contribution in [2.24, 2.45) is 4.99 Å². The van der Waals surface area contributed by atoms with E-state index in [2.05, 4.69) is 4.99 Å². The van der Waals surface area contributed by atoms with E-state index in [1.54, 1.807) is 12.4 Å². The lowest BCUT2D eigenvalue weighted by Gasteiger charge is -2.09. The standard InChI is InChI=1S/C4H4Cl2N2/c5-4-1-7-3-8(6)2-4/h1-2H,3H2. The second-order valence-corrected chi connectivity index (χ2v) is 2.24. The van der Waals surface area contributed by atoms with Gasteiger partial charge in [0.05, 0.1) is 5.03 Å². The Hall–Kier alpha value is -0.210. The lowest BCUT2D eigenvalue weighted by Crippen LogP contribution is -2.08. The smallest absolute Gasteiger partial charge is 0.125 e. The van der Waals surface area contributed by atoms with E-state index in [1.165, 1.54) is 4.42 Å². The van der Waals surface area contributed by atoms with Crippen LogP contribution in [0.3, 0.4) is 0 Å². The number of allylic oxidation sites excluding steroid dienone is 1. The molecule has 0 unspecified atom stereocenters. The molecule has 8 heavy (non-hydrogen) atoms. The van der Waals surface area contributed by atoms with Gasteiger partial charge in [0.2, 0.25) is 0 Å². The van der Waals surface area contributed by atoms with Gasteiger partial charge in [-0.05, 0) is 0 Å². The summed E-state index contributed by atoms with van der Waals surface area (Å²) in [6, 6.07) is 0. The van der Waals surface area contributed by atoms with Crippen LogP contribution in [0.4, 0.5) is 0 Å². The van der Waals surface area contributed by atoms with Crippen molar-refractivity contribution in [2.45, 2.75) is 0 Å². The van der Waals surface area contributed by atoms with Crippen molar-refractivity contribution >= 4 is 29.6 Å². The third-order valence-corrected chi connectivity index (χ3v) is 1.09. The van der Waals surface area contributed by atoms with Crippen LogP contribution in [0.25, 0.3) is 0 Å². The first kappa shape index (κ1) is 5.92. The van der Waals surface area contributed by atoms with Crippen molar-refractivity contribution in [3.63, 3.8) is 0 Å². The van der Waals surface area contributed by atoms with E-state index in [9.17, 15) is 0 Å². The molecule has 4 heteroatoms. The van der Waals surface area contributed by atoms with Gasteiger partial charge < -0.3 is 0 Å². The Morgan fingerprint density at radius 2 is 2.50 bits per heavy atom. The summed E-state index contributed by atoms with van der Waals surface area (Å²) in [6.45, 7) is 0.484. The molecule has 0 atom stereocenters. The Morgan fingerprint density at radius 3 is 2.88 bits per heavy atom. The Bertz CT molecular complexity index is 141. The van der Waals surface area contributed by atoms with Gasteiger partial charge >= 0.3 is 0 Å². The van der Waals surface area contributed by atoms with Gasteiger partial charge in [0.25, 0.3) is 0 Å². The SMILES string of the molecule is ClC1=CN(Cl)CN=C1. The maximum Gasteiger partial charge on any atom is 0.125 e. The summed E-state index contributed by atoms with van der Waals surface area (Å²) >= 11 is 11.0. The fourth-order valence-electron chi connectivity index (χ4n) is 0.414. The third kappa shape index (κ3) is 1.39. The van der Waals surface area contributed by atoms with Gasteiger partial charge in [-0.2, -0.15) is 0 Å². The highest BCUT2D eigenvalue weighted by molar-refractivity contribution is 6.39. The molecule has 0 fully saturated rings. The normalized spacial score (nSPS) is 18.8. The zero-order chi connectivity index (χ0) is 5.98. The second kappa shape index (κ2) is 2.37. The average molecular weight is 151 g/mol. The molecule has 0 aromatic carbocycles. The molecule has 1 aliphatic rings. The molecule has 0 radical (unpaired) electrons. The summed E-state index contributed by atoms with van der Waals surface area (Å²) in [6.07, 6.45) is 3.18. The third-order valence-electron chi connectivity index (χ3n) is 0.695. The molecule has 0 saturated carbocycles. The highest BCUT2D eigenvalue weighted by Crippen LogP contribution is 2.07. The summed E-state index contributed by atoms with van der Waals surface area (Å²) in [5.74, 6) is 0. The minimum Gasteiger partial charge on any atom is -0.270 e. The predicted molar refractivity (Wildman–Crippen MR) is 35.0 cm³/mol. The van der Waals surface area contributed by atoms with Crippen LogP contribution >= 0.6 is 23.4 Å². The summed E-state index contributed by atoms with van der Waals surface area (Å²) in [7, 11) is 0. The first-order chi connectivity index (χ1) is 3.79. The summed E-state index contributed by atoms with van der Waals surface area (Å²) < 4.78 is 1.39. The van der Waals surface area contributed by atoms with E-state index in [4.69, 9.17) is 23.4 Å². The zero-order valence-electron chi connectivity index (χ0n) is 4.01. The molecule has 0 bridgehead atoms. The summed E-state index contributed by atoms with van der Waals surface area (Å²) in [4.78, 5) is 3.81. The van der Waals surface area contributed by atoms with Crippen LogP contribution in [0.15, 0.2) is 16.2 Å². The molecule has 0 N–H and O–H groups in total. The molecule has 0 spiro atoms. The van der Waals surface area contributed by atoms with Gasteiger partial charge in [0.1, 0.15) is 6.67 Å². The van der Waals surface area contributed by atoms with E-state index in [-0.39, 0.29) is 0 Å². The van der Waals surface area contributed by atoms with Crippen LogP contribution in [0, 0.1) is 0 Å². The number of halogens is 2. The largest absolute Gasteiger partial charge is 0.270 e. The van der Waals surface area contributed by atoms with Crippen molar-refractivity contribution in [2.75, 3.05) is 6.67 Å². The molecule has 44 valence electrons. The van der Waals surface area contributed by atoms with Crippen molar-refractivity contribution in [3.05, 3.63) is 11.2 Å². The molecular weight excluding hydrogens is 147 g/mol. The lowest BCUT2D eigenvalue weighted by atomic mass is 10.6. The molecule has 1 aliphatic heterocycles. The molecule has 0 aromatic heterocycles. The van der Waals surface area contributed by atoms with Gasteiger partial charge in [0, 0.05) is 24.2 Å². The molecule has 1 rings (SSSR count). The van der Waals surface area contributed by atoms with E-state index < -0.39 is 0 Å². The molecule has 0 aromatic rings. The van der Waals surface area contributed by atoms with Gasteiger partial charge in [-0.25, -0.2) is 0 Å². The second-order valence-electron chi connectivity index (χ2n) is 1.37. The predicted octanol–water partition coefficient (Wildman–Crippen LogP) is 1.56. The number of rotatable bonds is 0.